The summed E-state index contributed by atoms with van der Waals surface area (Å²) in [6.45, 7) is 0. The molecule has 0 saturated heterocycles. The Morgan fingerprint density at radius 2 is 1.88 bits per heavy atom. The first kappa shape index (κ1) is 23.8. The van der Waals surface area contributed by atoms with Crippen LogP contribution in [0.15, 0.2) is 47.1 Å². The molecule has 0 spiro atoms. The van der Waals surface area contributed by atoms with E-state index >= 15 is 0 Å². The number of hydrogen-bond donors (Lipinski definition) is 1. The summed E-state index contributed by atoms with van der Waals surface area (Å²) >= 11 is 6.27. The van der Waals surface area contributed by atoms with Crippen molar-refractivity contribution < 1.29 is 40.3 Å². The number of halogens is 7. The number of nitrogens with one attached hydrogen (secondary N) is 1. The van der Waals surface area contributed by atoms with Gasteiger partial charge in [-0.1, -0.05) is 11.6 Å². The molecule has 0 fully saturated rings. The van der Waals surface area contributed by atoms with E-state index < -0.39 is 48.4 Å². The van der Waals surface area contributed by atoms with Crippen LogP contribution in [0.2, 0.25) is 5.02 Å². The second kappa shape index (κ2) is 8.46. The summed E-state index contributed by atoms with van der Waals surface area (Å²) in [6, 6.07) is 4.41. The number of benzene rings is 1. The Morgan fingerprint density at radius 3 is 2.44 bits per heavy atom. The second-order valence-electron chi connectivity index (χ2n) is 7.37. The fraction of sp³-hybridized carbons (Fsp3) is 0.300. The fourth-order valence-corrected chi connectivity index (χ4v) is 3.81. The van der Waals surface area contributed by atoms with Crippen molar-refractivity contribution in [1.29, 1.82) is 0 Å². The molecule has 0 radical (unpaired) electrons. The molecule has 0 aliphatic carbocycles. The topological polar surface area (TPSA) is 72.5 Å². The molecule has 1 N–H and O–H groups in total. The quantitative estimate of drug-likeness (QED) is 0.440. The Hall–Kier alpha value is -3.35. The molecule has 1 aliphatic rings. The Balaban J connectivity index is 1.64. The molecule has 14 heteroatoms. The van der Waals surface area contributed by atoms with Crippen LogP contribution >= 0.6 is 11.6 Å². The van der Waals surface area contributed by atoms with Gasteiger partial charge in [0.15, 0.2) is 11.7 Å². The summed E-state index contributed by atoms with van der Waals surface area (Å²) in [5.74, 6) is -1.33. The fourth-order valence-electron chi connectivity index (χ4n) is 3.55. The van der Waals surface area contributed by atoms with Crippen LogP contribution in [0.4, 0.5) is 37.8 Å². The van der Waals surface area contributed by atoms with Crippen molar-refractivity contribution in [2.75, 3.05) is 17.3 Å². The van der Waals surface area contributed by atoms with Gasteiger partial charge in [0.05, 0.1) is 12.3 Å². The van der Waals surface area contributed by atoms with Gasteiger partial charge in [0.25, 0.3) is 5.91 Å². The lowest BCUT2D eigenvalue weighted by Crippen LogP contribution is -2.35. The van der Waals surface area contributed by atoms with Gasteiger partial charge in [-0.05, 0) is 36.4 Å². The first-order chi connectivity index (χ1) is 15.8. The molecule has 1 aliphatic heterocycles. The van der Waals surface area contributed by atoms with Gasteiger partial charge < -0.3 is 19.4 Å². The molecule has 182 valence electrons. The van der Waals surface area contributed by atoms with E-state index in [0.29, 0.717) is 4.68 Å². The summed E-state index contributed by atoms with van der Waals surface area (Å²) < 4.78 is 88.0. The van der Waals surface area contributed by atoms with Gasteiger partial charge in [-0.15, -0.1) is 13.2 Å². The van der Waals surface area contributed by atoms with E-state index in [4.69, 9.17) is 16.0 Å². The van der Waals surface area contributed by atoms with E-state index in [0.717, 1.165) is 17.0 Å². The Kier molecular flexibility index (Phi) is 5.92. The summed E-state index contributed by atoms with van der Waals surface area (Å²) in [6.07, 6.45) is -8.71. The highest BCUT2D eigenvalue weighted by Crippen LogP contribution is 2.46. The van der Waals surface area contributed by atoms with Gasteiger partial charge in [-0.3, -0.25) is 4.79 Å². The average Bonchev–Trinajstić information content (AvgIpc) is 3.39. The molecular weight excluding hydrogens is 494 g/mol. The lowest BCUT2D eigenvalue weighted by atomic mass is 10.0. The van der Waals surface area contributed by atoms with Gasteiger partial charge in [0, 0.05) is 19.2 Å². The SMILES string of the molecule is CN(C(=O)c1nn2c(c1Cl)N[C@@H](c1ccco1)C[C@@H]2C(F)(F)F)c1ccc(OC(F)(F)F)cc1. The van der Waals surface area contributed by atoms with Gasteiger partial charge in [-0.2, -0.15) is 18.3 Å². The van der Waals surface area contributed by atoms with Crippen molar-refractivity contribution >= 4 is 29.0 Å². The molecule has 0 unspecified atom stereocenters. The van der Waals surface area contributed by atoms with Crippen LogP contribution in [-0.4, -0.2) is 35.3 Å². The van der Waals surface area contributed by atoms with E-state index in [-0.39, 0.29) is 22.3 Å². The molecule has 0 bridgehead atoms. The molecular formula is C20H15ClF6N4O3. The lowest BCUT2D eigenvalue weighted by molar-refractivity contribution is -0.274. The number of rotatable bonds is 4. The van der Waals surface area contributed by atoms with Crippen LogP contribution in [-0.2, 0) is 0 Å². The number of carbonyl (C=O) groups is 1. The third-order valence-electron chi connectivity index (χ3n) is 5.15. The van der Waals surface area contributed by atoms with Gasteiger partial charge in [-0.25, -0.2) is 4.68 Å². The summed E-state index contributed by atoms with van der Waals surface area (Å²) in [5.41, 5.74) is -0.327. The minimum absolute atomic E-state index is 0.135. The van der Waals surface area contributed by atoms with E-state index in [1.165, 1.54) is 37.6 Å². The van der Waals surface area contributed by atoms with Crippen molar-refractivity contribution in [3.8, 4) is 5.75 Å². The number of alkyl halides is 6. The van der Waals surface area contributed by atoms with Crippen LogP contribution in [0, 0.1) is 0 Å². The number of hydrogen-bond acceptors (Lipinski definition) is 5. The van der Waals surface area contributed by atoms with Crippen LogP contribution in [0.1, 0.15) is 34.8 Å². The molecule has 7 nitrogen and oxygen atoms in total. The molecule has 1 aromatic carbocycles. The van der Waals surface area contributed by atoms with E-state index in [1.807, 2.05) is 0 Å². The van der Waals surface area contributed by atoms with E-state index in [9.17, 15) is 31.1 Å². The smallest absolute Gasteiger partial charge is 0.467 e. The number of nitrogens with zero attached hydrogens (tertiary/aromatic N) is 3. The maximum absolute atomic E-state index is 13.8. The van der Waals surface area contributed by atoms with E-state index in [1.54, 1.807) is 0 Å². The molecule has 4 rings (SSSR count). The molecule has 3 heterocycles. The Bertz CT molecular complexity index is 1170. The predicted octanol–water partition coefficient (Wildman–Crippen LogP) is 5.97. The van der Waals surface area contributed by atoms with Crippen LogP contribution < -0.4 is 15.0 Å². The molecule has 1 amide bonds. The molecule has 0 saturated carbocycles. The molecule has 3 aromatic rings. The summed E-state index contributed by atoms with van der Waals surface area (Å²) in [4.78, 5) is 14.0. The monoisotopic (exact) mass is 508 g/mol. The number of carbonyl (C=O) groups excluding carboxylic acids is 1. The second-order valence-corrected chi connectivity index (χ2v) is 7.75. The van der Waals surface area contributed by atoms with Crippen LogP contribution in [0.25, 0.3) is 0 Å². The number of amides is 1. The Labute approximate surface area is 192 Å². The average molecular weight is 509 g/mol. The number of ether oxygens (including phenoxy) is 1. The van der Waals surface area contributed by atoms with Crippen molar-refractivity contribution in [1.82, 2.24) is 9.78 Å². The van der Waals surface area contributed by atoms with Crippen LogP contribution in [0.3, 0.4) is 0 Å². The van der Waals surface area contributed by atoms with Crippen molar-refractivity contribution in [3.63, 3.8) is 0 Å². The zero-order valence-corrected chi connectivity index (χ0v) is 17.9. The number of aromatic nitrogens is 2. The van der Waals surface area contributed by atoms with Gasteiger partial charge in [0.2, 0.25) is 0 Å². The zero-order chi connectivity index (χ0) is 24.8. The first-order valence-electron chi connectivity index (χ1n) is 9.63. The van der Waals surface area contributed by atoms with Gasteiger partial charge >= 0.3 is 12.5 Å². The third kappa shape index (κ3) is 4.65. The highest BCUT2D eigenvalue weighted by molar-refractivity contribution is 6.36. The minimum atomic E-state index is -4.89. The number of fused-ring (bicyclic) bond motifs is 1. The largest absolute Gasteiger partial charge is 0.573 e. The first-order valence-corrected chi connectivity index (χ1v) is 10.0. The number of anilines is 2. The maximum atomic E-state index is 13.8. The van der Waals surface area contributed by atoms with Gasteiger partial charge in [0.1, 0.15) is 22.4 Å². The van der Waals surface area contributed by atoms with E-state index in [2.05, 4.69) is 15.2 Å². The normalized spacial score (nSPS) is 18.2. The lowest BCUT2D eigenvalue weighted by Gasteiger charge is -2.32. The minimum Gasteiger partial charge on any atom is -0.467 e. The molecule has 2 atom stereocenters. The van der Waals surface area contributed by atoms with Crippen molar-refractivity contribution in [2.24, 2.45) is 0 Å². The molecule has 2 aromatic heterocycles. The zero-order valence-electron chi connectivity index (χ0n) is 17.1. The Morgan fingerprint density at radius 1 is 1.21 bits per heavy atom. The molecule has 34 heavy (non-hydrogen) atoms. The van der Waals surface area contributed by atoms with Crippen molar-refractivity contribution in [3.05, 3.63) is 59.1 Å². The number of furan rings is 1. The highest BCUT2D eigenvalue weighted by atomic mass is 35.5. The predicted molar refractivity (Wildman–Crippen MR) is 108 cm³/mol. The third-order valence-corrected chi connectivity index (χ3v) is 5.51. The summed E-state index contributed by atoms with van der Waals surface area (Å²) in [7, 11) is 1.27. The van der Waals surface area contributed by atoms with Crippen LogP contribution in [0.5, 0.6) is 5.75 Å². The highest BCUT2D eigenvalue weighted by Gasteiger charge is 2.48. The maximum Gasteiger partial charge on any atom is 0.573 e. The van der Waals surface area contributed by atoms with Crippen molar-refractivity contribution in [2.45, 2.75) is 31.0 Å². The standard InChI is InChI=1S/C20H15ClF6N4O3/c1-30(10-4-6-11(7-5-10)34-20(25,26)27)18(32)16-15(21)17-28-12(13-3-2-8-33-13)9-14(19(22,23)24)31(17)29-16/h2-8,12,14,28H,9H2,1H3/t12-,14-/m1/s1. The summed E-state index contributed by atoms with van der Waals surface area (Å²) in [5, 5.41) is 6.33.